The van der Waals surface area contributed by atoms with Gasteiger partial charge in [-0.1, -0.05) is 58.3 Å². The summed E-state index contributed by atoms with van der Waals surface area (Å²) in [5.41, 5.74) is 0.550. The van der Waals surface area contributed by atoms with E-state index in [1.165, 1.54) is 51.4 Å². The Bertz CT molecular complexity index is 474. The fourth-order valence-electron chi connectivity index (χ4n) is 2.72. The van der Waals surface area contributed by atoms with Crippen LogP contribution in [0.15, 0.2) is 18.2 Å². The number of carbonyl (C=O) groups is 1. The summed E-state index contributed by atoms with van der Waals surface area (Å²) in [6, 6.07) is 5.24. The second kappa shape index (κ2) is 12.7. The molecule has 0 aliphatic rings. The fourth-order valence-corrected chi connectivity index (χ4v) is 2.72. The average Bonchev–Trinajstić information content (AvgIpc) is 2.62. The van der Waals surface area contributed by atoms with Gasteiger partial charge < -0.3 is 14.8 Å². The van der Waals surface area contributed by atoms with Crippen LogP contribution in [0.1, 0.15) is 75.1 Å². The van der Waals surface area contributed by atoms with Crippen molar-refractivity contribution in [3.8, 4) is 11.5 Å². The van der Waals surface area contributed by atoms with Gasteiger partial charge >= 0.3 is 0 Å². The molecule has 0 saturated heterocycles. The number of benzene rings is 1. The molecular weight excluding hydrogens is 302 g/mol. The van der Waals surface area contributed by atoms with Crippen molar-refractivity contribution < 1.29 is 14.3 Å². The third-order valence-corrected chi connectivity index (χ3v) is 4.22. The SMILES string of the molecule is CCCCCCCCCCCNC(=O)c1ccc(OC)cc1OC. The van der Waals surface area contributed by atoms with Gasteiger partial charge in [0.05, 0.1) is 19.8 Å². The topological polar surface area (TPSA) is 47.6 Å². The smallest absolute Gasteiger partial charge is 0.255 e. The Balaban J connectivity index is 2.18. The van der Waals surface area contributed by atoms with E-state index in [0.717, 1.165) is 6.42 Å². The van der Waals surface area contributed by atoms with Crippen molar-refractivity contribution in [1.82, 2.24) is 5.32 Å². The van der Waals surface area contributed by atoms with Gasteiger partial charge in [-0.3, -0.25) is 4.79 Å². The standard InChI is InChI=1S/C20H33NO3/c1-4-5-6-7-8-9-10-11-12-15-21-20(22)18-14-13-17(23-2)16-19(18)24-3/h13-14,16H,4-12,15H2,1-3H3,(H,21,22). The van der Waals surface area contributed by atoms with Crippen LogP contribution in [0.3, 0.4) is 0 Å². The lowest BCUT2D eigenvalue weighted by molar-refractivity contribution is 0.0950. The number of rotatable bonds is 13. The third kappa shape index (κ3) is 7.71. The monoisotopic (exact) mass is 335 g/mol. The summed E-state index contributed by atoms with van der Waals surface area (Å²) in [7, 11) is 3.16. The maximum atomic E-state index is 12.2. The van der Waals surface area contributed by atoms with E-state index in [0.29, 0.717) is 23.6 Å². The Morgan fingerprint density at radius 3 is 2.12 bits per heavy atom. The molecule has 1 rings (SSSR count). The number of unbranched alkanes of at least 4 members (excludes halogenated alkanes) is 8. The maximum absolute atomic E-state index is 12.2. The second-order valence-electron chi connectivity index (χ2n) is 6.15. The number of ether oxygens (including phenoxy) is 2. The van der Waals surface area contributed by atoms with Gasteiger partial charge in [0.15, 0.2) is 0 Å². The summed E-state index contributed by atoms with van der Waals surface area (Å²) in [6.45, 7) is 2.96. The predicted octanol–water partition coefficient (Wildman–Crippen LogP) is 4.96. The van der Waals surface area contributed by atoms with Gasteiger partial charge in [-0.05, 0) is 18.6 Å². The lowest BCUT2D eigenvalue weighted by Gasteiger charge is -2.10. The quantitative estimate of drug-likeness (QED) is 0.518. The van der Waals surface area contributed by atoms with Gasteiger partial charge in [0, 0.05) is 12.6 Å². The van der Waals surface area contributed by atoms with Crippen LogP contribution in [0, 0.1) is 0 Å². The molecule has 0 fully saturated rings. The molecule has 0 aromatic heterocycles. The van der Waals surface area contributed by atoms with Gasteiger partial charge in [-0.2, -0.15) is 0 Å². The zero-order valence-corrected chi connectivity index (χ0v) is 15.5. The van der Waals surface area contributed by atoms with Crippen molar-refractivity contribution in [2.45, 2.75) is 64.7 Å². The minimum atomic E-state index is -0.0888. The van der Waals surface area contributed by atoms with Crippen LogP contribution in [-0.2, 0) is 0 Å². The number of carbonyl (C=O) groups excluding carboxylic acids is 1. The van der Waals surface area contributed by atoms with E-state index in [1.807, 2.05) is 0 Å². The van der Waals surface area contributed by atoms with E-state index in [4.69, 9.17) is 9.47 Å². The van der Waals surface area contributed by atoms with Crippen LogP contribution >= 0.6 is 0 Å². The zero-order chi connectivity index (χ0) is 17.6. The first-order valence-electron chi connectivity index (χ1n) is 9.23. The maximum Gasteiger partial charge on any atom is 0.255 e. The molecule has 0 atom stereocenters. The number of nitrogens with one attached hydrogen (secondary N) is 1. The van der Waals surface area contributed by atoms with Crippen molar-refractivity contribution in [3.63, 3.8) is 0 Å². The third-order valence-electron chi connectivity index (χ3n) is 4.22. The number of methoxy groups -OCH3 is 2. The van der Waals surface area contributed by atoms with Gasteiger partial charge in [-0.15, -0.1) is 0 Å². The molecule has 0 aliphatic carbocycles. The molecule has 0 bridgehead atoms. The Hall–Kier alpha value is -1.71. The highest BCUT2D eigenvalue weighted by Crippen LogP contribution is 2.24. The van der Waals surface area contributed by atoms with E-state index in [9.17, 15) is 4.79 Å². The Kier molecular flexibility index (Phi) is 10.7. The second-order valence-corrected chi connectivity index (χ2v) is 6.15. The minimum absolute atomic E-state index is 0.0888. The lowest BCUT2D eigenvalue weighted by atomic mass is 10.1. The molecule has 0 aliphatic heterocycles. The zero-order valence-electron chi connectivity index (χ0n) is 15.5. The van der Waals surface area contributed by atoms with Crippen LogP contribution in [0.5, 0.6) is 11.5 Å². The molecule has 1 aromatic carbocycles. The molecule has 0 unspecified atom stereocenters. The number of hydrogen-bond donors (Lipinski definition) is 1. The van der Waals surface area contributed by atoms with Crippen molar-refractivity contribution >= 4 is 5.91 Å². The highest BCUT2D eigenvalue weighted by atomic mass is 16.5. The van der Waals surface area contributed by atoms with E-state index in [1.54, 1.807) is 32.4 Å². The number of hydrogen-bond acceptors (Lipinski definition) is 3. The Labute approximate surface area is 146 Å². The van der Waals surface area contributed by atoms with E-state index in [-0.39, 0.29) is 5.91 Å². The van der Waals surface area contributed by atoms with Crippen molar-refractivity contribution in [1.29, 1.82) is 0 Å². The fraction of sp³-hybridized carbons (Fsp3) is 0.650. The molecule has 4 nitrogen and oxygen atoms in total. The molecule has 0 saturated carbocycles. The molecule has 1 aromatic rings. The molecule has 1 N–H and O–H groups in total. The van der Waals surface area contributed by atoms with Crippen LogP contribution in [0.2, 0.25) is 0 Å². The first kappa shape index (κ1) is 20.3. The average molecular weight is 335 g/mol. The molecule has 1 amide bonds. The lowest BCUT2D eigenvalue weighted by Crippen LogP contribution is -2.24. The largest absolute Gasteiger partial charge is 0.497 e. The molecule has 24 heavy (non-hydrogen) atoms. The van der Waals surface area contributed by atoms with Gasteiger partial charge in [-0.25, -0.2) is 0 Å². The van der Waals surface area contributed by atoms with Crippen LogP contribution in [-0.4, -0.2) is 26.7 Å². The number of amides is 1. The first-order valence-corrected chi connectivity index (χ1v) is 9.23. The highest BCUT2D eigenvalue weighted by molar-refractivity contribution is 5.97. The van der Waals surface area contributed by atoms with Crippen molar-refractivity contribution in [2.75, 3.05) is 20.8 Å². The summed E-state index contributed by atoms with van der Waals surface area (Å²) in [6.07, 6.45) is 11.5. The molecule has 136 valence electrons. The van der Waals surface area contributed by atoms with Crippen molar-refractivity contribution in [2.24, 2.45) is 0 Å². The van der Waals surface area contributed by atoms with Crippen LogP contribution in [0.4, 0.5) is 0 Å². The molecular formula is C20H33NO3. The van der Waals surface area contributed by atoms with Gasteiger partial charge in [0.1, 0.15) is 11.5 Å². The van der Waals surface area contributed by atoms with Gasteiger partial charge in [0.2, 0.25) is 0 Å². The van der Waals surface area contributed by atoms with Crippen molar-refractivity contribution in [3.05, 3.63) is 23.8 Å². The molecule has 0 heterocycles. The van der Waals surface area contributed by atoms with Crippen LogP contribution in [0.25, 0.3) is 0 Å². The van der Waals surface area contributed by atoms with Crippen LogP contribution < -0.4 is 14.8 Å². The molecule has 4 heteroatoms. The summed E-state index contributed by atoms with van der Waals surface area (Å²) in [5, 5.41) is 2.97. The normalized spacial score (nSPS) is 10.5. The summed E-state index contributed by atoms with van der Waals surface area (Å²) in [4.78, 5) is 12.2. The first-order chi connectivity index (χ1) is 11.7. The van der Waals surface area contributed by atoms with E-state index >= 15 is 0 Å². The summed E-state index contributed by atoms with van der Waals surface area (Å²) >= 11 is 0. The molecule has 0 spiro atoms. The molecule has 0 radical (unpaired) electrons. The minimum Gasteiger partial charge on any atom is -0.497 e. The highest BCUT2D eigenvalue weighted by Gasteiger charge is 2.12. The van der Waals surface area contributed by atoms with E-state index < -0.39 is 0 Å². The summed E-state index contributed by atoms with van der Waals surface area (Å²) < 4.78 is 10.4. The van der Waals surface area contributed by atoms with E-state index in [2.05, 4.69) is 12.2 Å². The predicted molar refractivity (Wildman–Crippen MR) is 99.1 cm³/mol. The van der Waals surface area contributed by atoms with Gasteiger partial charge in [0.25, 0.3) is 5.91 Å². The Morgan fingerprint density at radius 1 is 0.917 bits per heavy atom. The Morgan fingerprint density at radius 2 is 1.54 bits per heavy atom. The summed E-state index contributed by atoms with van der Waals surface area (Å²) in [5.74, 6) is 1.13.